The largest absolute Gasteiger partial charge is 0.507 e. The first-order chi connectivity index (χ1) is 11.3. The molecule has 0 saturated carbocycles. The highest BCUT2D eigenvalue weighted by molar-refractivity contribution is 6.09. The number of phenols is 1. The van der Waals surface area contributed by atoms with Crippen LogP contribution in [0.25, 0.3) is 32.7 Å². The predicted molar refractivity (Wildman–Crippen MR) is 95.1 cm³/mol. The molecule has 4 aromatic rings. The average molecular weight is 300 g/mol. The maximum Gasteiger partial charge on any atom is 0.127 e. The van der Waals surface area contributed by atoms with Crippen molar-refractivity contribution in [2.45, 2.75) is 0 Å². The van der Waals surface area contributed by atoms with Crippen molar-refractivity contribution in [3.63, 3.8) is 0 Å². The summed E-state index contributed by atoms with van der Waals surface area (Å²) in [6.07, 6.45) is 0. The van der Waals surface area contributed by atoms with E-state index in [1.54, 1.807) is 13.2 Å². The van der Waals surface area contributed by atoms with E-state index in [0.717, 1.165) is 38.4 Å². The molecule has 0 fully saturated rings. The summed E-state index contributed by atoms with van der Waals surface area (Å²) in [5.74, 6) is 1.13. The molecule has 1 N–H and O–H groups in total. The number of fused-ring (bicyclic) bond motifs is 2. The third kappa shape index (κ3) is 2.11. The summed E-state index contributed by atoms with van der Waals surface area (Å²) in [4.78, 5) is 0. The van der Waals surface area contributed by atoms with E-state index in [0.29, 0.717) is 5.75 Å². The zero-order valence-electron chi connectivity index (χ0n) is 12.8. The number of methoxy groups -OCH3 is 1. The Balaban J connectivity index is 2.16. The first kappa shape index (κ1) is 13.6. The first-order valence-electron chi connectivity index (χ1n) is 7.56. The van der Waals surface area contributed by atoms with Gasteiger partial charge in [-0.15, -0.1) is 0 Å². The molecule has 23 heavy (non-hydrogen) atoms. The van der Waals surface area contributed by atoms with E-state index >= 15 is 0 Å². The molecule has 4 rings (SSSR count). The fourth-order valence-corrected chi connectivity index (χ4v) is 3.25. The summed E-state index contributed by atoms with van der Waals surface area (Å²) in [7, 11) is 1.69. The van der Waals surface area contributed by atoms with Crippen molar-refractivity contribution in [1.29, 1.82) is 0 Å². The van der Waals surface area contributed by atoms with Crippen LogP contribution in [-0.2, 0) is 0 Å². The Morgan fingerprint density at radius 2 is 1.17 bits per heavy atom. The molecule has 2 nitrogen and oxygen atoms in total. The number of phenolic OH excluding ortho intramolecular Hbond substituents is 1. The van der Waals surface area contributed by atoms with E-state index in [1.165, 1.54) is 0 Å². The fraction of sp³-hybridized carbons (Fsp3) is 0.0476. The summed E-state index contributed by atoms with van der Waals surface area (Å²) >= 11 is 0. The van der Waals surface area contributed by atoms with Crippen LogP contribution in [0.15, 0.2) is 72.8 Å². The lowest BCUT2D eigenvalue weighted by molar-refractivity contribution is 0.420. The van der Waals surface area contributed by atoms with Crippen LogP contribution in [0, 0.1) is 0 Å². The van der Waals surface area contributed by atoms with Crippen LogP contribution in [0.4, 0.5) is 0 Å². The third-order valence-electron chi connectivity index (χ3n) is 4.26. The number of benzene rings is 4. The quantitative estimate of drug-likeness (QED) is 0.539. The zero-order chi connectivity index (χ0) is 15.8. The van der Waals surface area contributed by atoms with Crippen LogP contribution in [-0.4, -0.2) is 12.2 Å². The Hall–Kier alpha value is -3.00. The fourth-order valence-electron chi connectivity index (χ4n) is 3.25. The molecule has 112 valence electrons. The summed E-state index contributed by atoms with van der Waals surface area (Å²) in [5.41, 5.74) is 2.07. The maximum atomic E-state index is 10.4. The number of aromatic hydroxyl groups is 1. The van der Waals surface area contributed by atoms with Crippen molar-refractivity contribution in [2.24, 2.45) is 0 Å². The van der Waals surface area contributed by atoms with Gasteiger partial charge in [-0.3, -0.25) is 0 Å². The minimum atomic E-state index is 0.296. The van der Waals surface area contributed by atoms with Gasteiger partial charge in [-0.1, -0.05) is 60.7 Å². The number of ether oxygens (including phenoxy) is 1. The van der Waals surface area contributed by atoms with Crippen molar-refractivity contribution in [1.82, 2.24) is 0 Å². The monoisotopic (exact) mass is 300 g/mol. The molecule has 0 bridgehead atoms. The van der Waals surface area contributed by atoms with Crippen LogP contribution in [0.2, 0.25) is 0 Å². The molecule has 0 amide bonds. The lowest BCUT2D eigenvalue weighted by Crippen LogP contribution is -1.89. The Morgan fingerprint density at radius 1 is 0.652 bits per heavy atom. The summed E-state index contributed by atoms with van der Waals surface area (Å²) < 4.78 is 5.57. The molecule has 0 unspecified atom stereocenters. The van der Waals surface area contributed by atoms with Gasteiger partial charge in [-0.2, -0.15) is 0 Å². The smallest absolute Gasteiger partial charge is 0.127 e. The van der Waals surface area contributed by atoms with Crippen molar-refractivity contribution >= 4 is 21.5 Å². The number of hydrogen-bond donors (Lipinski definition) is 1. The molecule has 0 aromatic heterocycles. The maximum absolute atomic E-state index is 10.4. The van der Waals surface area contributed by atoms with Gasteiger partial charge in [-0.25, -0.2) is 0 Å². The van der Waals surface area contributed by atoms with E-state index < -0.39 is 0 Å². The lowest BCUT2D eigenvalue weighted by atomic mass is 9.93. The van der Waals surface area contributed by atoms with Crippen LogP contribution in [0.3, 0.4) is 0 Å². The minimum absolute atomic E-state index is 0.296. The Bertz CT molecular complexity index is 1010. The molecule has 0 aliphatic rings. The third-order valence-corrected chi connectivity index (χ3v) is 4.26. The van der Waals surface area contributed by atoms with E-state index in [1.807, 2.05) is 48.5 Å². The first-order valence-corrected chi connectivity index (χ1v) is 7.56. The number of hydrogen-bond acceptors (Lipinski definition) is 2. The standard InChI is InChI=1S/C21H16O2/c1-23-19-13-5-9-15-7-3-11-17(21(15)19)16-10-2-6-14-8-4-12-18(22)20(14)16/h2-13,22H,1H3. The van der Waals surface area contributed by atoms with Crippen LogP contribution in [0.1, 0.15) is 0 Å². The number of rotatable bonds is 2. The topological polar surface area (TPSA) is 29.5 Å². The highest BCUT2D eigenvalue weighted by atomic mass is 16.5. The van der Waals surface area contributed by atoms with Crippen LogP contribution < -0.4 is 4.74 Å². The molecule has 0 atom stereocenters. The molecule has 0 aliphatic carbocycles. The van der Waals surface area contributed by atoms with E-state index in [2.05, 4.69) is 18.2 Å². The molecule has 0 aliphatic heterocycles. The van der Waals surface area contributed by atoms with Crippen molar-refractivity contribution in [2.75, 3.05) is 7.11 Å². The summed E-state index contributed by atoms with van der Waals surface area (Å²) in [6, 6.07) is 23.9. The van der Waals surface area contributed by atoms with E-state index in [4.69, 9.17) is 4.74 Å². The van der Waals surface area contributed by atoms with Gasteiger partial charge in [-0.05, 0) is 34.0 Å². The summed E-state index contributed by atoms with van der Waals surface area (Å²) in [6.45, 7) is 0. The molecular formula is C21H16O2. The van der Waals surface area contributed by atoms with Gasteiger partial charge in [0.1, 0.15) is 11.5 Å². The normalized spacial score (nSPS) is 11.0. The Morgan fingerprint density at radius 3 is 1.83 bits per heavy atom. The highest BCUT2D eigenvalue weighted by Crippen LogP contribution is 2.40. The summed E-state index contributed by atoms with van der Waals surface area (Å²) in [5, 5.41) is 14.5. The Kier molecular flexibility index (Phi) is 3.16. The van der Waals surface area contributed by atoms with E-state index in [9.17, 15) is 5.11 Å². The minimum Gasteiger partial charge on any atom is -0.507 e. The van der Waals surface area contributed by atoms with Crippen molar-refractivity contribution in [3.8, 4) is 22.6 Å². The Labute approximate surface area is 134 Å². The average Bonchev–Trinajstić information content (AvgIpc) is 2.60. The van der Waals surface area contributed by atoms with Crippen molar-refractivity contribution < 1.29 is 9.84 Å². The molecule has 0 radical (unpaired) electrons. The van der Waals surface area contributed by atoms with Crippen LogP contribution >= 0.6 is 0 Å². The van der Waals surface area contributed by atoms with Gasteiger partial charge in [0.2, 0.25) is 0 Å². The zero-order valence-corrected chi connectivity index (χ0v) is 12.8. The van der Waals surface area contributed by atoms with Gasteiger partial charge < -0.3 is 9.84 Å². The molecule has 0 spiro atoms. The van der Waals surface area contributed by atoms with Gasteiger partial charge in [0.05, 0.1) is 7.11 Å². The van der Waals surface area contributed by atoms with Gasteiger partial charge >= 0.3 is 0 Å². The van der Waals surface area contributed by atoms with Gasteiger partial charge in [0.15, 0.2) is 0 Å². The van der Waals surface area contributed by atoms with Gasteiger partial charge in [0.25, 0.3) is 0 Å². The van der Waals surface area contributed by atoms with Crippen molar-refractivity contribution in [3.05, 3.63) is 72.8 Å². The lowest BCUT2D eigenvalue weighted by Gasteiger charge is -2.13. The SMILES string of the molecule is COc1cccc2cccc(-c3cccc4cccc(O)c34)c12. The predicted octanol–water partition coefficient (Wildman–Crippen LogP) is 5.37. The molecular weight excluding hydrogens is 284 g/mol. The highest BCUT2D eigenvalue weighted by Gasteiger charge is 2.13. The molecule has 0 heterocycles. The second-order valence-corrected chi connectivity index (χ2v) is 5.54. The van der Waals surface area contributed by atoms with Crippen LogP contribution in [0.5, 0.6) is 11.5 Å². The molecule has 4 aromatic carbocycles. The second-order valence-electron chi connectivity index (χ2n) is 5.54. The second kappa shape index (κ2) is 5.33. The van der Waals surface area contributed by atoms with Gasteiger partial charge in [0, 0.05) is 10.8 Å². The molecule has 2 heteroatoms. The van der Waals surface area contributed by atoms with E-state index in [-0.39, 0.29) is 0 Å². The molecule has 0 saturated heterocycles.